The van der Waals surface area contributed by atoms with Crippen LogP contribution in [0.5, 0.6) is 5.75 Å². The molecule has 0 radical (unpaired) electrons. The number of benzene rings is 3. The van der Waals surface area contributed by atoms with Crippen LogP contribution >= 0.6 is 0 Å². The molecule has 122 valence electrons. The molecule has 0 spiro atoms. The summed E-state index contributed by atoms with van der Waals surface area (Å²) in [4.78, 5) is 0. The quantitative estimate of drug-likeness (QED) is 0.694. The molecule has 0 aliphatic rings. The summed E-state index contributed by atoms with van der Waals surface area (Å²) >= 11 is 0. The summed E-state index contributed by atoms with van der Waals surface area (Å²) in [5, 5.41) is 0. The van der Waals surface area contributed by atoms with Gasteiger partial charge in [0.15, 0.2) is 0 Å². The highest BCUT2D eigenvalue weighted by molar-refractivity contribution is 5.33. The van der Waals surface area contributed by atoms with Crippen molar-refractivity contribution in [2.24, 2.45) is 5.73 Å². The number of rotatable bonds is 7. The lowest BCUT2D eigenvalue weighted by atomic mass is 9.92. The Hall–Kier alpha value is -2.58. The molecule has 3 rings (SSSR count). The van der Waals surface area contributed by atoms with Gasteiger partial charge in [0.25, 0.3) is 0 Å². The molecule has 1 unspecified atom stereocenters. The van der Waals surface area contributed by atoms with Crippen LogP contribution in [0.3, 0.4) is 0 Å². The van der Waals surface area contributed by atoms with Crippen LogP contribution in [-0.4, -0.2) is 6.54 Å². The van der Waals surface area contributed by atoms with Gasteiger partial charge in [0.05, 0.1) is 0 Å². The third-order valence-electron chi connectivity index (χ3n) is 4.19. The smallest absolute Gasteiger partial charge is 0.120 e. The second-order valence-corrected chi connectivity index (χ2v) is 5.97. The van der Waals surface area contributed by atoms with Gasteiger partial charge in [-0.25, -0.2) is 0 Å². The van der Waals surface area contributed by atoms with Gasteiger partial charge in [-0.15, -0.1) is 0 Å². The number of hydrogen-bond donors (Lipinski definition) is 1. The normalized spacial score (nSPS) is 11.9. The molecule has 0 saturated carbocycles. The Labute approximate surface area is 143 Å². The van der Waals surface area contributed by atoms with Crippen molar-refractivity contribution in [3.63, 3.8) is 0 Å². The lowest BCUT2D eigenvalue weighted by Gasteiger charge is -2.17. The SMILES string of the molecule is NCC(Cc1ccccc1)c1cccc(OCc2ccccc2)c1. The zero-order valence-electron chi connectivity index (χ0n) is 13.8. The molecular formula is C22H23NO. The highest BCUT2D eigenvalue weighted by atomic mass is 16.5. The summed E-state index contributed by atoms with van der Waals surface area (Å²) in [7, 11) is 0. The predicted octanol–water partition coefficient (Wildman–Crippen LogP) is 4.55. The summed E-state index contributed by atoms with van der Waals surface area (Å²) in [5.74, 6) is 1.19. The first-order valence-electron chi connectivity index (χ1n) is 8.36. The van der Waals surface area contributed by atoms with Crippen LogP contribution in [0, 0.1) is 0 Å². The van der Waals surface area contributed by atoms with Crippen molar-refractivity contribution >= 4 is 0 Å². The van der Waals surface area contributed by atoms with Crippen LogP contribution < -0.4 is 10.5 Å². The van der Waals surface area contributed by atoms with Gasteiger partial charge in [-0.3, -0.25) is 0 Å². The van der Waals surface area contributed by atoms with Crippen LogP contribution in [0.25, 0.3) is 0 Å². The van der Waals surface area contributed by atoms with Crippen molar-refractivity contribution in [3.05, 3.63) is 102 Å². The van der Waals surface area contributed by atoms with Gasteiger partial charge in [0.1, 0.15) is 12.4 Å². The summed E-state index contributed by atoms with van der Waals surface area (Å²) in [5.41, 5.74) is 9.73. The topological polar surface area (TPSA) is 35.2 Å². The molecule has 0 amide bonds. The van der Waals surface area contributed by atoms with Gasteiger partial charge in [0, 0.05) is 5.92 Å². The zero-order valence-corrected chi connectivity index (χ0v) is 13.8. The second kappa shape index (κ2) is 8.32. The average Bonchev–Trinajstić information content (AvgIpc) is 2.66. The van der Waals surface area contributed by atoms with Gasteiger partial charge in [-0.1, -0.05) is 72.8 Å². The number of ether oxygens (including phenoxy) is 1. The van der Waals surface area contributed by atoms with Crippen LogP contribution in [0.1, 0.15) is 22.6 Å². The maximum absolute atomic E-state index is 6.03. The van der Waals surface area contributed by atoms with Crippen molar-refractivity contribution in [1.82, 2.24) is 0 Å². The van der Waals surface area contributed by atoms with E-state index in [4.69, 9.17) is 10.5 Å². The summed E-state index contributed by atoms with van der Waals surface area (Å²) in [6, 6.07) is 29.0. The maximum Gasteiger partial charge on any atom is 0.120 e. The average molecular weight is 317 g/mol. The van der Waals surface area contributed by atoms with Crippen molar-refractivity contribution in [1.29, 1.82) is 0 Å². The van der Waals surface area contributed by atoms with Crippen molar-refractivity contribution in [2.75, 3.05) is 6.54 Å². The summed E-state index contributed by atoms with van der Waals surface area (Å²) < 4.78 is 5.94. The summed E-state index contributed by atoms with van der Waals surface area (Å²) in [6.07, 6.45) is 0.944. The molecule has 0 saturated heterocycles. The Morgan fingerprint density at radius 3 is 2.08 bits per heavy atom. The Morgan fingerprint density at radius 1 is 0.750 bits per heavy atom. The van der Waals surface area contributed by atoms with E-state index >= 15 is 0 Å². The molecule has 0 aromatic heterocycles. The molecule has 2 N–H and O–H groups in total. The molecule has 2 nitrogen and oxygen atoms in total. The van der Waals surface area contributed by atoms with Crippen LogP contribution in [0.15, 0.2) is 84.9 Å². The molecule has 0 heterocycles. The molecular weight excluding hydrogens is 294 g/mol. The third-order valence-corrected chi connectivity index (χ3v) is 4.19. The number of hydrogen-bond acceptors (Lipinski definition) is 2. The molecule has 3 aromatic rings. The van der Waals surface area contributed by atoms with E-state index in [1.165, 1.54) is 16.7 Å². The first-order chi connectivity index (χ1) is 11.8. The van der Waals surface area contributed by atoms with E-state index in [-0.39, 0.29) is 0 Å². The van der Waals surface area contributed by atoms with Gasteiger partial charge in [-0.05, 0) is 41.8 Å². The fourth-order valence-corrected chi connectivity index (χ4v) is 2.84. The first kappa shape index (κ1) is 16.3. The first-order valence-corrected chi connectivity index (χ1v) is 8.36. The molecule has 0 fully saturated rings. The van der Waals surface area contributed by atoms with E-state index in [9.17, 15) is 0 Å². The lowest BCUT2D eigenvalue weighted by Crippen LogP contribution is -2.15. The number of nitrogens with two attached hydrogens (primary N) is 1. The van der Waals surface area contributed by atoms with E-state index in [0.717, 1.165) is 12.2 Å². The monoisotopic (exact) mass is 317 g/mol. The van der Waals surface area contributed by atoms with Gasteiger partial charge in [-0.2, -0.15) is 0 Å². The molecule has 0 bridgehead atoms. The zero-order chi connectivity index (χ0) is 16.6. The van der Waals surface area contributed by atoms with Gasteiger partial charge >= 0.3 is 0 Å². The third kappa shape index (κ3) is 4.46. The van der Waals surface area contributed by atoms with Crippen LogP contribution in [-0.2, 0) is 13.0 Å². The Kier molecular flexibility index (Phi) is 5.65. The lowest BCUT2D eigenvalue weighted by molar-refractivity contribution is 0.305. The van der Waals surface area contributed by atoms with Gasteiger partial charge in [0.2, 0.25) is 0 Å². The molecule has 24 heavy (non-hydrogen) atoms. The fraction of sp³-hybridized carbons (Fsp3) is 0.182. The van der Waals surface area contributed by atoms with E-state index in [2.05, 4.69) is 48.5 Å². The Balaban J connectivity index is 1.69. The molecule has 1 atom stereocenters. The highest BCUT2D eigenvalue weighted by Gasteiger charge is 2.11. The standard InChI is InChI=1S/C22H23NO/c23-16-21(14-18-8-3-1-4-9-18)20-12-7-13-22(15-20)24-17-19-10-5-2-6-11-19/h1-13,15,21H,14,16-17,23H2. The van der Waals surface area contributed by atoms with Gasteiger partial charge < -0.3 is 10.5 Å². The highest BCUT2D eigenvalue weighted by Crippen LogP contribution is 2.24. The van der Waals surface area contributed by atoms with E-state index in [1.807, 2.05) is 36.4 Å². The van der Waals surface area contributed by atoms with E-state index in [0.29, 0.717) is 19.1 Å². The minimum atomic E-state index is 0.299. The minimum absolute atomic E-state index is 0.299. The Bertz CT molecular complexity index is 740. The summed E-state index contributed by atoms with van der Waals surface area (Å²) in [6.45, 7) is 1.20. The molecule has 2 heteroatoms. The van der Waals surface area contributed by atoms with Crippen molar-refractivity contribution < 1.29 is 4.74 Å². The van der Waals surface area contributed by atoms with Crippen LogP contribution in [0.4, 0.5) is 0 Å². The predicted molar refractivity (Wildman–Crippen MR) is 99.2 cm³/mol. The molecule has 0 aliphatic heterocycles. The van der Waals surface area contributed by atoms with E-state index < -0.39 is 0 Å². The van der Waals surface area contributed by atoms with Crippen molar-refractivity contribution in [2.45, 2.75) is 18.9 Å². The van der Waals surface area contributed by atoms with E-state index in [1.54, 1.807) is 0 Å². The Morgan fingerprint density at radius 2 is 1.42 bits per heavy atom. The second-order valence-electron chi connectivity index (χ2n) is 5.97. The molecule has 3 aromatic carbocycles. The molecule has 0 aliphatic carbocycles. The minimum Gasteiger partial charge on any atom is -0.489 e. The van der Waals surface area contributed by atoms with Crippen molar-refractivity contribution in [3.8, 4) is 5.75 Å². The van der Waals surface area contributed by atoms with Crippen LogP contribution in [0.2, 0.25) is 0 Å². The largest absolute Gasteiger partial charge is 0.489 e. The maximum atomic E-state index is 6.03. The fourth-order valence-electron chi connectivity index (χ4n) is 2.84.